The summed E-state index contributed by atoms with van der Waals surface area (Å²) >= 11 is 0. The minimum Gasteiger partial charge on any atom is -0.356 e. The highest BCUT2D eigenvalue weighted by molar-refractivity contribution is 6.00. The fourth-order valence-corrected chi connectivity index (χ4v) is 9.10. The van der Waals surface area contributed by atoms with E-state index in [1.165, 1.54) is 77.9 Å². The first-order valence-corrected chi connectivity index (χ1v) is 16.6. The normalized spacial score (nSPS) is 14.9. The van der Waals surface area contributed by atoms with Crippen LogP contribution in [-0.4, -0.2) is 0 Å². The number of fused-ring (bicyclic) bond motifs is 13. The largest absolute Gasteiger partial charge is 0.356 e. The Labute approximate surface area is 276 Å². The maximum Gasteiger partial charge on any atom is 0.0725 e. The van der Waals surface area contributed by atoms with E-state index < -0.39 is 0 Å². The minimum absolute atomic E-state index is 0.0309. The van der Waals surface area contributed by atoms with Gasteiger partial charge in [-0.2, -0.15) is 0 Å². The van der Waals surface area contributed by atoms with E-state index in [9.17, 15) is 0 Å². The lowest BCUT2D eigenvalue weighted by Crippen LogP contribution is -2.25. The molecule has 0 saturated heterocycles. The highest BCUT2D eigenvalue weighted by Gasteiger charge is 2.51. The van der Waals surface area contributed by atoms with E-state index in [4.69, 9.17) is 0 Å². The second-order valence-electron chi connectivity index (χ2n) is 13.8. The lowest BCUT2D eigenvalue weighted by atomic mass is 9.70. The Hall–Kier alpha value is -5.66. The van der Waals surface area contributed by atoms with E-state index in [2.05, 4.69) is 177 Å². The molecule has 0 atom stereocenters. The standard InChI is InChI=1S/C46H33N/c1-45(2)38-20-7-3-15-33(38)36-26-25-31(28-43(36)45)47-30-14-11-13-29(27-30)32-19-12-24-42-44(32)37-18-6-10-23-41(37)46(42)39-21-8-4-16-34(39)35-17-5-9-22-40(35)46/h3-28,47H,1-2H3. The molecular formula is C46H33N. The predicted octanol–water partition coefficient (Wildman–Crippen LogP) is 11.7. The maximum atomic E-state index is 3.77. The topological polar surface area (TPSA) is 12.0 Å². The Morgan fingerprint density at radius 1 is 0.362 bits per heavy atom. The summed E-state index contributed by atoms with van der Waals surface area (Å²) < 4.78 is 0. The smallest absolute Gasteiger partial charge is 0.0725 e. The second kappa shape index (κ2) is 9.44. The molecule has 222 valence electrons. The summed E-state index contributed by atoms with van der Waals surface area (Å²) in [7, 11) is 0. The van der Waals surface area contributed by atoms with Crippen molar-refractivity contribution in [1.82, 2.24) is 0 Å². The van der Waals surface area contributed by atoms with Gasteiger partial charge < -0.3 is 5.32 Å². The van der Waals surface area contributed by atoms with Crippen LogP contribution in [0.15, 0.2) is 158 Å². The number of rotatable bonds is 3. The van der Waals surface area contributed by atoms with Gasteiger partial charge in [0, 0.05) is 16.8 Å². The zero-order valence-corrected chi connectivity index (χ0v) is 26.5. The fraction of sp³-hybridized carbons (Fsp3) is 0.0870. The van der Waals surface area contributed by atoms with Gasteiger partial charge in [-0.15, -0.1) is 0 Å². The molecule has 7 aromatic rings. The molecule has 7 aromatic carbocycles. The molecule has 0 unspecified atom stereocenters. The molecule has 1 N–H and O–H groups in total. The molecule has 0 fully saturated rings. The van der Waals surface area contributed by atoms with Crippen molar-refractivity contribution < 1.29 is 0 Å². The molecule has 0 amide bonds. The number of benzene rings is 7. The Bertz CT molecular complexity index is 2380. The van der Waals surface area contributed by atoms with Crippen LogP contribution >= 0.6 is 0 Å². The number of anilines is 2. The van der Waals surface area contributed by atoms with Crippen LogP contribution in [0.25, 0.3) is 44.5 Å². The SMILES string of the molecule is CC1(C)c2ccccc2-c2ccc(Nc3cccc(-c4cccc5c4-c4ccccc4C54c5ccccc5-c5ccccc54)c3)cc21. The van der Waals surface area contributed by atoms with Crippen LogP contribution in [0, 0.1) is 0 Å². The van der Waals surface area contributed by atoms with Crippen molar-refractivity contribution >= 4 is 11.4 Å². The van der Waals surface area contributed by atoms with Crippen LogP contribution in [0.3, 0.4) is 0 Å². The summed E-state index contributed by atoms with van der Waals surface area (Å²) in [5.41, 5.74) is 20.6. The minimum atomic E-state index is -0.334. The van der Waals surface area contributed by atoms with Gasteiger partial charge in [0.15, 0.2) is 0 Å². The van der Waals surface area contributed by atoms with Gasteiger partial charge in [-0.1, -0.05) is 147 Å². The van der Waals surface area contributed by atoms with E-state index in [1.54, 1.807) is 0 Å². The summed E-state index contributed by atoms with van der Waals surface area (Å²) in [5.74, 6) is 0. The second-order valence-corrected chi connectivity index (χ2v) is 13.8. The van der Waals surface area contributed by atoms with Crippen molar-refractivity contribution in [2.45, 2.75) is 24.7 Å². The maximum absolute atomic E-state index is 3.77. The molecule has 1 nitrogen and oxygen atoms in total. The summed E-state index contributed by atoms with van der Waals surface area (Å²) in [6.45, 7) is 4.67. The average Bonchev–Trinajstić information content (AvgIpc) is 3.68. The summed E-state index contributed by atoms with van der Waals surface area (Å²) in [4.78, 5) is 0. The van der Waals surface area contributed by atoms with E-state index >= 15 is 0 Å². The summed E-state index contributed by atoms with van der Waals surface area (Å²) in [6.07, 6.45) is 0. The van der Waals surface area contributed by atoms with Crippen LogP contribution in [0.1, 0.15) is 47.2 Å². The third kappa shape index (κ3) is 3.44. The lowest BCUT2D eigenvalue weighted by molar-refractivity contribution is 0.660. The van der Waals surface area contributed by atoms with Gasteiger partial charge in [0.25, 0.3) is 0 Å². The van der Waals surface area contributed by atoms with Gasteiger partial charge in [0.1, 0.15) is 0 Å². The predicted molar refractivity (Wildman–Crippen MR) is 195 cm³/mol. The van der Waals surface area contributed by atoms with Crippen molar-refractivity contribution in [2.75, 3.05) is 5.32 Å². The third-order valence-corrected chi connectivity index (χ3v) is 11.1. The van der Waals surface area contributed by atoms with Gasteiger partial charge in [-0.25, -0.2) is 0 Å². The van der Waals surface area contributed by atoms with Gasteiger partial charge in [0.05, 0.1) is 5.41 Å². The van der Waals surface area contributed by atoms with Crippen LogP contribution in [0.4, 0.5) is 11.4 Å². The highest BCUT2D eigenvalue weighted by Crippen LogP contribution is 2.64. The lowest BCUT2D eigenvalue weighted by Gasteiger charge is -2.30. The first kappa shape index (κ1) is 26.5. The molecule has 0 bridgehead atoms. The third-order valence-electron chi connectivity index (χ3n) is 11.1. The molecule has 47 heavy (non-hydrogen) atoms. The molecule has 1 heteroatoms. The van der Waals surface area contributed by atoms with Crippen molar-refractivity contribution in [3.63, 3.8) is 0 Å². The van der Waals surface area contributed by atoms with Gasteiger partial charge in [-0.05, 0) is 102 Å². The molecule has 0 aliphatic heterocycles. The Kier molecular flexibility index (Phi) is 5.33. The molecule has 0 heterocycles. The summed E-state index contributed by atoms with van der Waals surface area (Å²) in [6, 6.07) is 58.6. The molecule has 3 aliphatic rings. The van der Waals surface area contributed by atoms with Crippen LogP contribution in [0.2, 0.25) is 0 Å². The van der Waals surface area contributed by atoms with Gasteiger partial charge in [0.2, 0.25) is 0 Å². The van der Waals surface area contributed by atoms with Crippen molar-refractivity contribution in [2.24, 2.45) is 0 Å². The van der Waals surface area contributed by atoms with E-state index in [0.717, 1.165) is 11.4 Å². The first-order valence-electron chi connectivity index (χ1n) is 16.6. The molecule has 3 aliphatic carbocycles. The fourth-order valence-electron chi connectivity index (χ4n) is 9.10. The number of hydrogen-bond donors (Lipinski definition) is 1. The number of hydrogen-bond acceptors (Lipinski definition) is 1. The molecule has 0 saturated carbocycles. The Morgan fingerprint density at radius 3 is 1.55 bits per heavy atom. The Morgan fingerprint density at radius 2 is 0.851 bits per heavy atom. The van der Waals surface area contributed by atoms with Crippen LogP contribution < -0.4 is 5.32 Å². The monoisotopic (exact) mass is 599 g/mol. The molecule has 0 radical (unpaired) electrons. The molecule has 1 spiro atoms. The van der Waals surface area contributed by atoms with Crippen LogP contribution in [0.5, 0.6) is 0 Å². The van der Waals surface area contributed by atoms with Gasteiger partial charge in [-0.3, -0.25) is 0 Å². The van der Waals surface area contributed by atoms with Crippen molar-refractivity contribution in [3.8, 4) is 44.5 Å². The quantitative estimate of drug-likeness (QED) is 0.213. The molecule has 0 aromatic heterocycles. The molecular weight excluding hydrogens is 567 g/mol. The molecule has 10 rings (SSSR count). The summed E-state index contributed by atoms with van der Waals surface area (Å²) in [5, 5.41) is 3.77. The number of nitrogens with one attached hydrogen (secondary N) is 1. The first-order chi connectivity index (χ1) is 23.1. The van der Waals surface area contributed by atoms with E-state index in [0.29, 0.717) is 0 Å². The van der Waals surface area contributed by atoms with Crippen molar-refractivity contribution in [1.29, 1.82) is 0 Å². The Balaban J connectivity index is 1.11. The van der Waals surface area contributed by atoms with Crippen LogP contribution in [-0.2, 0) is 10.8 Å². The van der Waals surface area contributed by atoms with E-state index in [-0.39, 0.29) is 10.8 Å². The zero-order valence-electron chi connectivity index (χ0n) is 26.5. The van der Waals surface area contributed by atoms with Gasteiger partial charge >= 0.3 is 0 Å². The van der Waals surface area contributed by atoms with E-state index in [1.807, 2.05) is 0 Å². The zero-order chi connectivity index (χ0) is 31.3. The highest BCUT2D eigenvalue weighted by atomic mass is 14.9. The van der Waals surface area contributed by atoms with Crippen molar-refractivity contribution in [3.05, 3.63) is 191 Å². The average molecular weight is 600 g/mol.